The average molecular weight is 430 g/mol. The van der Waals surface area contributed by atoms with Crippen LogP contribution >= 0.6 is 12.2 Å². The largest absolute Gasteiger partial charge is 0.494 e. The Bertz CT molecular complexity index is 902. The molecule has 2 rings (SSSR count). The zero-order valence-corrected chi connectivity index (χ0v) is 18.2. The van der Waals surface area contributed by atoms with E-state index in [1.165, 1.54) is 0 Å². The number of rotatable bonds is 8. The molecule has 0 saturated carbocycles. The molecule has 2 amide bonds. The highest BCUT2D eigenvalue weighted by Gasteiger charge is 2.10. The molecule has 8 heteroatoms. The van der Waals surface area contributed by atoms with Gasteiger partial charge in [0.15, 0.2) is 11.7 Å². The topological polar surface area (TPSA) is 88.7 Å². The maximum absolute atomic E-state index is 12.3. The SMILES string of the molecule is CCCCOc1cccc(C(=O)NC(=S)NNC(=O)COc2cccc(C)c2C)c1. The molecular formula is C22H27N3O4S. The van der Waals surface area contributed by atoms with E-state index in [9.17, 15) is 9.59 Å². The summed E-state index contributed by atoms with van der Waals surface area (Å²) >= 11 is 5.05. The minimum absolute atomic E-state index is 0.0302. The first-order valence-electron chi connectivity index (χ1n) is 9.72. The van der Waals surface area contributed by atoms with Gasteiger partial charge in [-0.2, -0.15) is 0 Å². The van der Waals surface area contributed by atoms with E-state index in [-0.39, 0.29) is 11.7 Å². The molecular weight excluding hydrogens is 402 g/mol. The standard InChI is InChI=1S/C22H27N3O4S/c1-4-5-12-28-18-10-7-9-17(13-18)21(27)23-22(30)25-24-20(26)14-29-19-11-6-8-15(2)16(19)3/h6-11,13H,4-5,12,14H2,1-3H3,(H,24,26)(H2,23,25,27,30). The van der Waals surface area contributed by atoms with E-state index < -0.39 is 11.8 Å². The number of thiocarbonyl (C=S) groups is 1. The Morgan fingerprint density at radius 2 is 1.80 bits per heavy atom. The van der Waals surface area contributed by atoms with E-state index in [0.717, 1.165) is 24.0 Å². The van der Waals surface area contributed by atoms with E-state index in [1.807, 2.05) is 26.0 Å². The molecule has 0 radical (unpaired) electrons. The Morgan fingerprint density at radius 3 is 2.57 bits per heavy atom. The van der Waals surface area contributed by atoms with Gasteiger partial charge in [0.1, 0.15) is 11.5 Å². The van der Waals surface area contributed by atoms with Gasteiger partial charge < -0.3 is 9.47 Å². The quantitative estimate of drug-likeness (QED) is 0.339. The van der Waals surface area contributed by atoms with Crippen molar-refractivity contribution < 1.29 is 19.1 Å². The minimum atomic E-state index is -0.432. The predicted octanol–water partition coefficient (Wildman–Crippen LogP) is 3.20. The van der Waals surface area contributed by atoms with E-state index in [2.05, 4.69) is 23.1 Å². The third-order valence-electron chi connectivity index (χ3n) is 4.32. The number of hydrogen-bond acceptors (Lipinski definition) is 5. The van der Waals surface area contributed by atoms with Crippen LogP contribution in [0, 0.1) is 13.8 Å². The zero-order chi connectivity index (χ0) is 21.9. The highest BCUT2D eigenvalue weighted by Crippen LogP contribution is 2.20. The van der Waals surface area contributed by atoms with Crippen molar-refractivity contribution in [1.82, 2.24) is 16.2 Å². The number of ether oxygens (including phenoxy) is 2. The smallest absolute Gasteiger partial charge is 0.276 e. The van der Waals surface area contributed by atoms with Gasteiger partial charge in [-0.25, -0.2) is 0 Å². The first-order valence-corrected chi connectivity index (χ1v) is 10.1. The number of hydrazine groups is 1. The number of amides is 2. The summed E-state index contributed by atoms with van der Waals surface area (Å²) < 4.78 is 11.1. The van der Waals surface area contributed by atoms with Crippen LogP contribution in [0.4, 0.5) is 0 Å². The number of carbonyl (C=O) groups is 2. The van der Waals surface area contributed by atoms with Crippen molar-refractivity contribution in [2.24, 2.45) is 0 Å². The van der Waals surface area contributed by atoms with Crippen molar-refractivity contribution in [1.29, 1.82) is 0 Å². The van der Waals surface area contributed by atoms with Crippen LogP contribution in [0.15, 0.2) is 42.5 Å². The van der Waals surface area contributed by atoms with Crippen LogP contribution in [-0.2, 0) is 4.79 Å². The summed E-state index contributed by atoms with van der Waals surface area (Å²) in [5.41, 5.74) is 7.34. The molecule has 2 aromatic rings. The zero-order valence-electron chi connectivity index (χ0n) is 17.4. The summed E-state index contributed by atoms with van der Waals surface area (Å²) in [6.07, 6.45) is 1.97. The van der Waals surface area contributed by atoms with Crippen LogP contribution in [-0.4, -0.2) is 30.1 Å². The third-order valence-corrected chi connectivity index (χ3v) is 4.52. The van der Waals surface area contributed by atoms with Gasteiger partial charge in [-0.05, 0) is 67.9 Å². The second kappa shape index (κ2) is 11.8. The summed E-state index contributed by atoms with van der Waals surface area (Å²) in [7, 11) is 0. The number of aryl methyl sites for hydroxylation is 1. The maximum atomic E-state index is 12.3. The minimum Gasteiger partial charge on any atom is -0.494 e. The van der Waals surface area contributed by atoms with Gasteiger partial charge >= 0.3 is 0 Å². The van der Waals surface area contributed by atoms with E-state index in [0.29, 0.717) is 23.7 Å². The molecule has 0 aliphatic heterocycles. The van der Waals surface area contributed by atoms with Crippen molar-refractivity contribution in [2.45, 2.75) is 33.6 Å². The number of hydrogen-bond donors (Lipinski definition) is 3. The highest BCUT2D eigenvalue weighted by atomic mass is 32.1. The van der Waals surface area contributed by atoms with Gasteiger partial charge in [-0.15, -0.1) is 0 Å². The van der Waals surface area contributed by atoms with Crippen LogP contribution in [0.1, 0.15) is 41.3 Å². The van der Waals surface area contributed by atoms with Gasteiger partial charge in [-0.3, -0.25) is 25.8 Å². The molecule has 0 unspecified atom stereocenters. The fourth-order valence-corrected chi connectivity index (χ4v) is 2.60. The average Bonchev–Trinajstić information content (AvgIpc) is 2.73. The van der Waals surface area contributed by atoms with Gasteiger partial charge in [0.25, 0.3) is 11.8 Å². The number of nitrogens with one attached hydrogen (secondary N) is 3. The van der Waals surface area contributed by atoms with Crippen molar-refractivity contribution in [3.05, 3.63) is 59.2 Å². The molecule has 30 heavy (non-hydrogen) atoms. The Labute approximate surface area is 182 Å². The normalized spacial score (nSPS) is 10.1. The maximum Gasteiger partial charge on any atom is 0.276 e. The molecule has 0 aliphatic carbocycles. The summed E-state index contributed by atoms with van der Waals surface area (Å²) in [6.45, 7) is 6.38. The molecule has 0 spiro atoms. The number of benzene rings is 2. The van der Waals surface area contributed by atoms with Gasteiger partial charge in [-0.1, -0.05) is 31.5 Å². The van der Waals surface area contributed by atoms with E-state index in [1.54, 1.807) is 30.3 Å². The lowest BCUT2D eigenvalue weighted by Crippen LogP contribution is -2.49. The molecule has 0 aromatic heterocycles. The van der Waals surface area contributed by atoms with Crippen LogP contribution < -0.4 is 25.6 Å². The molecule has 7 nitrogen and oxygen atoms in total. The molecule has 160 valence electrons. The molecule has 0 atom stereocenters. The second-order valence-corrected chi connectivity index (χ2v) is 7.08. The monoisotopic (exact) mass is 429 g/mol. The molecule has 0 aliphatic rings. The molecule has 2 aromatic carbocycles. The summed E-state index contributed by atoms with van der Waals surface area (Å²) in [5, 5.41) is 2.48. The predicted molar refractivity (Wildman–Crippen MR) is 120 cm³/mol. The van der Waals surface area contributed by atoms with Gasteiger partial charge in [0.05, 0.1) is 6.61 Å². The highest BCUT2D eigenvalue weighted by molar-refractivity contribution is 7.80. The van der Waals surface area contributed by atoms with Crippen molar-refractivity contribution >= 4 is 29.1 Å². The summed E-state index contributed by atoms with van der Waals surface area (Å²) in [6, 6.07) is 12.5. The molecule has 0 heterocycles. The number of carbonyl (C=O) groups excluding carboxylic acids is 2. The van der Waals surface area contributed by atoms with Crippen LogP contribution in [0.3, 0.4) is 0 Å². The Hall–Kier alpha value is -3.13. The first-order chi connectivity index (χ1) is 14.4. The van der Waals surface area contributed by atoms with Crippen molar-refractivity contribution in [2.75, 3.05) is 13.2 Å². The lowest BCUT2D eigenvalue weighted by Gasteiger charge is -2.13. The molecule has 0 saturated heterocycles. The number of unbranched alkanes of at least 4 members (excludes halogenated alkanes) is 1. The Balaban J connectivity index is 1.77. The Morgan fingerprint density at radius 1 is 1.03 bits per heavy atom. The van der Waals surface area contributed by atoms with Gasteiger partial charge in [0.2, 0.25) is 0 Å². The van der Waals surface area contributed by atoms with Crippen molar-refractivity contribution in [3.63, 3.8) is 0 Å². The van der Waals surface area contributed by atoms with Crippen LogP contribution in [0.25, 0.3) is 0 Å². The summed E-state index contributed by atoms with van der Waals surface area (Å²) in [5.74, 6) is 0.419. The van der Waals surface area contributed by atoms with E-state index in [4.69, 9.17) is 21.7 Å². The Kier molecular flexibility index (Phi) is 9.08. The molecule has 0 fully saturated rings. The van der Waals surface area contributed by atoms with Crippen LogP contribution in [0.5, 0.6) is 11.5 Å². The van der Waals surface area contributed by atoms with Gasteiger partial charge in [0, 0.05) is 5.56 Å². The molecule has 0 bridgehead atoms. The molecule has 3 N–H and O–H groups in total. The lowest BCUT2D eigenvalue weighted by atomic mass is 10.1. The fourth-order valence-electron chi connectivity index (χ4n) is 2.45. The fraction of sp³-hybridized carbons (Fsp3) is 0.318. The third kappa shape index (κ3) is 7.36. The van der Waals surface area contributed by atoms with Crippen molar-refractivity contribution in [3.8, 4) is 11.5 Å². The van der Waals surface area contributed by atoms with Crippen LogP contribution in [0.2, 0.25) is 0 Å². The first kappa shape index (κ1) is 23.2. The summed E-state index contributed by atoms with van der Waals surface area (Å²) in [4.78, 5) is 24.3. The second-order valence-electron chi connectivity index (χ2n) is 6.67. The van der Waals surface area contributed by atoms with E-state index >= 15 is 0 Å². The lowest BCUT2D eigenvalue weighted by molar-refractivity contribution is -0.123.